The van der Waals surface area contributed by atoms with Gasteiger partial charge in [0, 0.05) is 17.8 Å². The number of hydrogen-bond donors (Lipinski definition) is 2. The third-order valence-electron chi connectivity index (χ3n) is 2.41. The largest absolute Gasteiger partial charge is 0.386 e. The zero-order valence-electron chi connectivity index (χ0n) is 11.9. The zero-order chi connectivity index (χ0) is 16.9. The summed E-state index contributed by atoms with van der Waals surface area (Å²) in [6.45, 7) is 2.94. The molecule has 0 unspecified atom stereocenters. The molecule has 1 rings (SSSR count). The number of nitro benzene ring substituents is 1. The SMILES string of the molecule is CC(=O)C=C(C)Nc1cc(F)c([N+](=O)[O-])cc1N=C(N)CCl. The first-order valence-electron chi connectivity index (χ1n) is 6.07. The Morgan fingerprint density at radius 3 is 2.68 bits per heavy atom. The van der Waals surface area contributed by atoms with E-state index < -0.39 is 16.4 Å². The Bertz CT molecular complexity index is 673. The molecule has 0 heterocycles. The number of amidine groups is 1. The molecule has 0 aliphatic carbocycles. The highest BCUT2D eigenvalue weighted by molar-refractivity contribution is 6.28. The number of halogens is 2. The second kappa shape index (κ2) is 7.51. The molecular weight excluding hydrogens is 315 g/mol. The molecule has 0 saturated carbocycles. The summed E-state index contributed by atoms with van der Waals surface area (Å²) in [5.74, 6) is -1.32. The molecule has 1 aromatic rings. The highest BCUT2D eigenvalue weighted by atomic mass is 35.5. The Morgan fingerprint density at radius 1 is 1.55 bits per heavy atom. The smallest absolute Gasteiger partial charge is 0.307 e. The van der Waals surface area contributed by atoms with Crippen molar-refractivity contribution < 1.29 is 14.1 Å². The number of carbonyl (C=O) groups excluding carboxylic acids is 1. The van der Waals surface area contributed by atoms with Crippen LogP contribution in [0.15, 0.2) is 28.9 Å². The lowest BCUT2D eigenvalue weighted by molar-refractivity contribution is -0.387. The molecule has 0 aliphatic rings. The van der Waals surface area contributed by atoms with E-state index in [4.69, 9.17) is 17.3 Å². The number of aliphatic imine (C=N–C) groups is 1. The predicted octanol–water partition coefficient (Wildman–Crippen LogP) is 2.87. The van der Waals surface area contributed by atoms with Crippen molar-refractivity contribution in [3.8, 4) is 0 Å². The lowest BCUT2D eigenvalue weighted by Gasteiger charge is -2.10. The van der Waals surface area contributed by atoms with Gasteiger partial charge in [0.15, 0.2) is 5.78 Å². The molecule has 118 valence electrons. The van der Waals surface area contributed by atoms with Crippen molar-refractivity contribution in [3.05, 3.63) is 39.8 Å². The van der Waals surface area contributed by atoms with Crippen molar-refractivity contribution in [3.63, 3.8) is 0 Å². The number of nitrogens with two attached hydrogens (primary N) is 1. The van der Waals surface area contributed by atoms with Crippen LogP contribution in [-0.2, 0) is 4.79 Å². The van der Waals surface area contributed by atoms with Crippen LogP contribution in [0.2, 0.25) is 0 Å². The molecule has 0 saturated heterocycles. The molecule has 0 spiro atoms. The molecule has 0 bridgehead atoms. The number of nitrogens with one attached hydrogen (secondary N) is 1. The summed E-state index contributed by atoms with van der Waals surface area (Å²) in [6.07, 6.45) is 1.29. The Morgan fingerprint density at radius 2 is 2.18 bits per heavy atom. The summed E-state index contributed by atoms with van der Waals surface area (Å²) >= 11 is 5.52. The van der Waals surface area contributed by atoms with Gasteiger partial charge in [-0.05, 0) is 19.9 Å². The van der Waals surface area contributed by atoms with E-state index in [1.165, 1.54) is 13.0 Å². The number of anilines is 1. The van der Waals surface area contributed by atoms with Gasteiger partial charge in [-0.15, -0.1) is 11.6 Å². The van der Waals surface area contributed by atoms with E-state index in [1.807, 2.05) is 0 Å². The third kappa shape index (κ3) is 4.81. The van der Waals surface area contributed by atoms with Gasteiger partial charge >= 0.3 is 5.69 Å². The van der Waals surface area contributed by atoms with Gasteiger partial charge in [-0.1, -0.05) is 0 Å². The van der Waals surface area contributed by atoms with Crippen LogP contribution in [0.4, 0.5) is 21.5 Å². The molecule has 0 fully saturated rings. The third-order valence-corrected chi connectivity index (χ3v) is 2.69. The fraction of sp³-hybridized carbons (Fsp3) is 0.231. The van der Waals surface area contributed by atoms with E-state index in [2.05, 4.69) is 10.3 Å². The van der Waals surface area contributed by atoms with Crippen molar-refractivity contribution >= 4 is 40.3 Å². The van der Waals surface area contributed by atoms with Gasteiger partial charge in [-0.25, -0.2) is 4.99 Å². The first kappa shape index (κ1) is 17.6. The van der Waals surface area contributed by atoms with Gasteiger partial charge in [-0.2, -0.15) is 4.39 Å². The number of hydrogen-bond acceptors (Lipinski definition) is 5. The summed E-state index contributed by atoms with van der Waals surface area (Å²) in [5.41, 5.74) is 5.36. The van der Waals surface area contributed by atoms with Gasteiger partial charge in [0.2, 0.25) is 5.82 Å². The Balaban J connectivity index is 3.38. The highest BCUT2D eigenvalue weighted by Crippen LogP contribution is 2.33. The van der Waals surface area contributed by atoms with Gasteiger partial charge in [-0.3, -0.25) is 14.9 Å². The quantitative estimate of drug-likeness (QED) is 0.208. The molecule has 0 aliphatic heterocycles. The standard InChI is InChI=1S/C13H14ClFN4O3/c1-7(3-8(2)20)17-10-4-9(15)12(19(21)22)5-11(10)18-13(16)6-14/h3-5,17H,6H2,1-2H3,(H2,16,18). The maximum Gasteiger partial charge on any atom is 0.307 e. The molecule has 0 atom stereocenters. The van der Waals surface area contributed by atoms with Gasteiger partial charge in [0.25, 0.3) is 0 Å². The summed E-state index contributed by atoms with van der Waals surface area (Å²) in [5, 5.41) is 13.5. The minimum absolute atomic E-state index is 0.0128. The van der Waals surface area contributed by atoms with Crippen LogP contribution >= 0.6 is 11.6 Å². The number of carbonyl (C=O) groups is 1. The average Bonchev–Trinajstić information content (AvgIpc) is 2.39. The van der Waals surface area contributed by atoms with E-state index in [0.717, 1.165) is 12.1 Å². The van der Waals surface area contributed by atoms with Crippen molar-refractivity contribution in [1.29, 1.82) is 0 Å². The lowest BCUT2D eigenvalue weighted by Crippen LogP contribution is -2.12. The molecule has 9 heteroatoms. The molecule has 1 aromatic carbocycles. The topological polar surface area (TPSA) is 111 Å². The fourth-order valence-corrected chi connectivity index (χ4v) is 1.68. The summed E-state index contributed by atoms with van der Waals surface area (Å²) in [6, 6.07) is 1.86. The number of nitrogens with zero attached hydrogens (tertiary/aromatic N) is 2. The number of ketones is 1. The first-order valence-corrected chi connectivity index (χ1v) is 6.61. The Labute approximate surface area is 130 Å². The Kier molecular flexibility index (Phi) is 6.00. The van der Waals surface area contributed by atoms with Gasteiger partial charge in [0.05, 0.1) is 22.2 Å². The van der Waals surface area contributed by atoms with Crippen LogP contribution < -0.4 is 11.1 Å². The minimum Gasteiger partial charge on any atom is -0.386 e. The first-order chi connectivity index (χ1) is 10.2. The number of allylic oxidation sites excluding steroid dienone is 2. The molecule has 0 radical (unpaired) electrons. The Hall–Kier alpha value is -2.48. The fourth-order valence-electron chi connectivity index (χ4n) is 1.62. The number of rotatable bonds is 6. The van der Waals surface area contributed by atoms with E-state index in [9.17, 15) is 19.3 Å². The molecule has 7 nitrogen and oxygen atoms in total. The molecule has 22 heavy (non-hydrogen) atoms. The minimum atomic E-state index is -1.04. The van der Waals surface area contributed by atoms with Crippen LogP contribution in [-0.4, -0.2) is 22.4 Å². The molecule has 3 N–H and O–H groups in total. The zero-order valence-corrected chi connectivity index (χ0v) is 12.6. The van der Waals surface area contributed by atoms with Crippen molar-refractivity contribution in [2.75, 3.05) is 11.2 Å². The van der Waals surface area contributed by atoms with Crippen molar-refractivity contribution in [2.45, 2.75) is 13.8 Å². The maximum absolute atomic E-state index is 13.7. The van der Waals surface area contributed by atoms with E-state index >= 15 is 0 Å². The second-order valence-corrected chi connectivity index (χ2v) is 4.64. The number of nitro groups is 1. The van der Waals surface area contributed by atoms with Crippen LogP contribution in [0.5, 0.6) is 0 Å². The van der Waals surface area contributed by atoms with Crippen LogP contribution in [0.3, 0.4) is 0 Å². The number of benzene rings is 1. The molecule has 0 aromatic heterocycles. The van der Waals surface area contributed by atoms with Gasteiger partial charge < -0.3 is 11.1 Å². The molecular formula is C13H14ClFN4O3. The van der Waals surface area contributed by atoms with Crippen LogP contribution in [0.1, 0.15) is 13.8 Å². The monoisotopic (exact) mass is 328 g/mol. The normalized spacial score (nSPS) is 12.2. The maximum atomic E-state index is 13.7. The highest BCUT2D eigenvalue weighted by Gasteiger charge is 2.18. The summed E-state index contributed by atoms with van der Waals surface area (Å²) in [4.78, 5) is 24.9. The summed E-state index contributed by atoms with van der Waals surface area (Å²) in [7, 11) is 0. The van der Waals surface area contributed by atoms with Crippen LogP contribution in [0.25, 0.3) is 0 Å². The average molecular weight is 329 g/mol. The lowest BCUT2D eigenvalue weighted by atomic mass is 10.2. The van der Waals surface area contributed by atoms with Crippen molar-refractivity contribution in [2.24, 2.45) is 10.7 Å². The predicted molar refractivity (Wildman–Crippen MR) is 83.1 cm³/mol. The second-order valence-electron chi connectivity index (χ2n) is 4.38. The number of alkyl halides is 1. The summed E-state index contributed by atoms with van der Waals surface area (Å²) < 4.78 is 13.7. The van der Waals surface area contributed by atoms with Crippen LogP contribution in [0, 0.1) is 15.9 Å². The van der Waals surface area contributed by atoms with E-state index in [0.29, 0.717) is 5.70 Å². The van der Waals surface area contributed by atoms with E-state index in [1.54, 1.807) is 6.92 Å². The molecule has 0 amide bonds. The van der Waals surface area contributed by atoms with E-state index in [-0.39, 0.29) is 28.9 Å². The van der Waals surface area contributed by atoms with Crippen molar-refractivity contribution in [1.82, 2.24) is 0 Å². The van der Waals surface area contributed by atoms with Gasteiger partial charge in [0.1, 0.15) is 5.84 Å².